The summed E-state index contributed by atoms with van der Waals surface area (Å²) < 4.78 is 12.2. The topological polar surface area (TPSA) is 39.4 Å². The molecule has 2 aromatic carbocycles. The second kappa shape index (κ2) is 5.97. The summed E-state index contributed by atoms with van der Waals surface area (Å²) >= 11 is 3.50. The summed E-state index contributed by atoms with van der Waals surface area (Å²) in [6, 6.07) is 9.63. The minimum absolute atomic E-state index is 0.394. The first-order chi connectivity index (χ1) is 10.6. The predicted octanol–water partition coefficient (Wildman–Crippen LogP) is 5.20. The van der Waals surface area contributed by atoms with Crippen LogP contribution < -0.4 is 4.74 Å². The molecule has 0 fully saturated rings. The maximum Gasteiger partial charge on any atom is 0.153 e. The maximum absolute atomic E-state index is 11.2. The number of fused-ring (bicyclic) bond motifs is 1. The molecule has 0 N–H and O–H groups in total. The Labute approximate surface area is 137 Å². The van der Waals surface area contributed by atoms with Crippen molar-refractivity contribution >= 4 is 33.2 Å². The molecule has 0 amide bonds. The molecule has 1 heterocycles. The van der Waals surface area contributed by atoms with Crippen LogP contribution in [0.25, 0.3) is 11.0 Å². The normalized spacial score (nSPS) is 10.9. The third kappa shape index (κ3) is 2.66. The third-order valence-electron chi connectivity index (χ3n) is 3.78. The van der Waals surface area contributed by atoms with E-state index in [1.54, 1.807) is 12.3 Å². The van der Waals surface area contributed by atoms with E-state index in [1.807, 2.05) is 38.1 Å². The zero-order chi connectivity index (χ0) is 15.7. The first kappa shape index (κ1) is 14.9. The van der Waals surface area contributed by atoms with Gasteiger partial charge in [-0.05, 0) is 70.7 Å². The van der Waals surface area contributed by atoms with E-state index < -0.39 is 0 Å². The molecule has 0 aliphatic rings. The van der Waals surface area contributed by atoms with Crippen LogP contribution in [0.2, 0.25) is 0 Å². The van der Waals surface area contributed by atoms with Gasteiger partial charge in [-0.2, -0.15) is 0 Å². The van der Waals surface area contributed by atoms with Crippen molar-refractivity contribution in [2.75, 3.05) is 0 Å². The molecule has 3 nitrogen and oxygen atoms in total. The lowest BCUT2D eigenvalue weighted by Gasteiger charge is -2.13. The van der Waals surface area contributed by atoms with Gasteiger partial charge in [-0.15, -0.1) is 0 Å². The van der Waals surface area contributed by atoms with Crippen LogP contribution in [0.5, 0.6) is 5.75 Å². The van der Waals surface area contributed by atoms with Crippen molar-refractivity contribution < 1.29 is 13.9 Å². The Bertz CT molecular complexity index is 849. The molecule has 3 aromatic rings. The molecule has 0 aliphatic heterocycles. The zero-order valence-electron chi connectivity index (χ0n) is 12.4. The van der Waals surface area contributed by atoms with Crippen molar-refractivity contribution in [3.05, 3.63) is 63.3 Å². The van der Waals surface area contributed by atoms with Gasteiger partial charge in [0.2, 0.25) is 0 Å². The highest BCUT2D eigenvalue weighted by Gasteiger charge is 2.11. The van der Waals surface area contributed by atoms with E-state index in [0.717, 1.165) is 38.4 Å². The molecule has 22 heavy (non-hydrogen) atoms. The fraction of sp³-hybridized carbons (Fsp3) is 0.167. The number of aryl methyl sites for hydroxylation is 1. The van der Waals surface area contributed by atoms with E-state index in [1.165, 1.54) is 0 Å². The number of carbonyl (C=O) groups is 1. The lowest BCUT2D eigenvalue weighted by molar-refractivity contribution is 0.111. The summed E-state index contributed by atoms with van der Waals surface area (Å²) in [7, 11) is 0. The number of benzene rings is 2. The molecule has 112 valence electrons. The molecule has 4 heteroatoms. The number of hydrogen-bond acceptors (Lipinski definition) is 3. The smallest absolute Gasteiger partial charge is 0.153 e. The molecule has 0 saturated carbocycles. The average molecular weight is 359 g/mol. The van der Waals surface area contributed by atoms with Gasteiger partial charge >= 0.3 is 0 Å². The van der Waals surface area contributed by atoms with Crippen molar-refractivity contribution in [3.63, 3.8) is 0 Å². The number of carbonyl (C=O) groups excluding carboxylic acids is 1. The Balaban J connectivity index is 1.91. The largest absolute Gasteiger partial charge is 0.488 e. The molecule has 1 aromatic heterocycles. The second-order valence-electron chi connectivity index (χ2n) is 5.25. The van der Waals surface area contributed by atoms with E-state index >= 15 is 0 Å². The highest BCUT2D eigenvalue weighted by Crippen LogP contribution is 2.29. The highest BCUT2D eigenvalue weighted by molar-refractivity contribution is 9.10. The van der Waals surface area contributed by atoms with Crippen LogP contribution in [0.15, 0.2) is 45.5 Å². The molecule has 0 aliphatic carbocycles. The van der Waals surface area contributed by atoms with Crippen molar-refractivity contribution in [2.45, 2.75) is 20.5 Å². The first-order valence-electron chi connectivity index (χ1n) is 6.94. The minimum atomic E-state index is 0.394. The third-order valence-corrected chi connectivity index (χ3v) is 4.37. The van der Waals surface area contributed by atoms with Crippen LogP contribution in [-0.4, -0.2) is 6.29 Å². The molecular weight excluding hydrogens is 344 g/mol. The molecule has 3 rings (SSSR count). The van der Waals surface area contributed by atoms with Crippen molar-refractivity contribution in [1.29, 1.82) is 0 Å². The Hall–Kier alpha value is -2.07. The van der Waals surface area contributed by atoms with Crippen LogP contribution >= 0.6 is 15.9 Å². The molecule has 0 unspecified atom stereocenters. The molecule has 0 bridgehead atoms. The first-order valence-corrected chi connectivity index (χ1v) is 7.73. The lowest BCUT2D eigenvalue weighted by atomic mass is 10.1. The van der Waals surface area contributed by atoms with Crippen LogP contribution in [0.1, 0.15) is 27.0 Å². The van der Waals surface area contributed by atoms with E-state index in [0.29, 0.717) is 17.9 Å². The highest BCUT2D eigenvalue weighted by atomic mass is 79.9. The van der Waals surface area contributed by atoms with Gasteiger partial charge in [-0.25, -0.2) is 0 Å². The van der Waals surface area contributed by atoms with Gasteiger partial charge in [-0.3, -0.25) is 4.79 Å². The van der Waals surface area contributed by atoms with Gasteiger partial charge in [0.25, 0.3) is 0 Å². The molecule has 0 radical (unpaired) electrons. The second-order valence-corrected chi connectivity index (χ2v) is 6.10. The molecular formula is C18H15BrO3. The standard InChI is InChI=1S/C18H15BrO3/c1-11-3-4-15(9-20)17(12(11)2)22-10-13-7-14-5-6-21-18(14)16(19)8-13/h3-9H,10H2,1-2H3. The van der Waals surface area contributed by atoms with Crippen LogP contribution in [-0.2, 0) is 6.61 Å². The van der Waals surface area contributed by atoms with Crippen LogP contribution in [0.3, 0.4) is 0 Å². The fourth-order valence-electron chi connectivity index (χ4n) is 2.43. The summed E-state index contributed by atoms with van der Waals surface area (Å²) in [6.45, 7) is 4.36. The van der Waals surface area contributed by atoms with Gasteiger partial charge in [0.15, 0.2) is 6.29 Å². The fourth-order valence-corrected chi connectivity index (χ4v) is 3.05. The number of aldehydes is 1. The number of hydrogen-bond donors (Lipinski definition) is 0. The van der Waals surface area contributed by atoms with Crippen LogP contribution in [0, 0.1) is 13.8 Å². The van der Waals surface area contributed by atoms with Gasteiger partial charge < -0.3 is 9.15 Å². The summed E-state index contributed by atoms with van der Waals surface area (Å²) in [5.74, 6) is 0.651. The zero-order valence-corrected chi connectivity index (χ0v) is 13.9. The quantitative estimate of drug-likeness (QED) is 0.601. The predicted molar refractivity (Wildman–Crippen MR) is 89.5 cm³/mol. The maximum atomic E-state index is 11.2. The Morgan fingerprint density at radius 1 is 1.23 bits per heavy atom. The van der Waals surface area contributed by atoms with E-state index in [9.17, 15) is 4.79 Å². The molecule has 0 saturated heterocycles. The number of furan rings is 1. The van der Waals surface area contributed by atoms with Crippen molar-refractivity contribution in [3.8, 4) is 5.75 Å². The monoisotopic (exact) mass is 358 g/mol. The Morgan fingerprint density at radius 2 is 2.05 bits per heavy atom. The number of rotatable bonds is 4. The van der Waals surface area contributed by atoms with E-state index in [2.05, 4.69) is 15.9 Å². The summed E-state index contributed by atoms with van der Waals surface area (Å²) in [5, 5.41) is 1.02. The summed E-state index contributed by atoms with van der Waals surface area (Å²) in [4.78, 5) is 11.2. The van der Waals surface area contributed by atoms with Gasteiger partial charge in [0.05, 0.1) is 16.3 Å². The van der Waals surface area contributed by atoms with E-state index in [4.69, 9.17) is 9.15 Å². The number of ether oxygens (including phenoxy) is 1. The SMILES string of the molecule is Cc1ccc(C=O)c(OCc2cc(Br)c3occc3c2)c1C. The minimum Gasteiger partial charge on any atom is -0.488 e. The summed E-state index contributed by atoms with van der Waals surface area (Å²) in [6.07, 6.45) is 2.49. The van der Waals surface area contributed by atoms with Crippen molar-refractivity contribution in [2.24, 2.45) is 0 Å². The van der Waals surface area contributed by atoms with Crippen molar-refractivity contribution in [1.82, 2.24) is 0 Å². The Morgan fingerprint density at radius 3 is 2.82 bits per heavy atom. The molecule has 0 atom stereocenters. The van der Waals surface area contributed by atoms with Crippen LogP contribution in [0.4, 0.5) is 0 Å². The summed E-state index contributed by atoms with van der Waals surface area (Å²) in [5.41, 5.74) is 4.51. The van der Waals surface area contributed by atoms with E-state index in [-0.39, 0.29) is 0 Å². The number of halogens is 1. The lowest BCUT2D eigenvalue weighted by Crippen LogP contribution is -2.01. The van der Waals surface area contributed by atoms with Gasteiger partial charge in [0.1, 0.15) is 17.9 Å². The van der Waals surface area contributed by atoms with Gasteiger partial charge in [-0.1, -0.05) is 6.07 Å². The molecule has 0 spiro atoms. The van der Waals surface area contributed by atoms with Gasteiger partial charge in [0, 0.05) is 5.39 Å². The Kier molecular flexibility index (Phi) is 4.03. The average Bonchev–Trinajstić information content (AvgIpc) is 2.97.